The Morgan fingerprint density at radius 3 is 2.31 bits per heavy atom. The van der Waals surface area contributed by atoms with E-state index in [0.29, 0.717) is 0 Å². The summed E-state index contributed by atoms with van der Waals surface area (Å²) in [6.07, 6.45) is 3.09. The molecule has 0 aromatic rings. The Bertz CT molecular complexity index is 226. The maximum absolute atomic E-state index is 12.1. The molecule has 4 heteroatoms. The molecule has 1 amide bonds. The molecule has 0 aromatic heterocycles. The van der Waals surface area contributed by atoms with Crippen molar-refractivity contribution < 1.29 is 4.79 Å². The first kappa shape index (κ1) is 15.8. The van der Waals surface area contributed by atoms with E-state index in [1.807, 2.05) is 27.8 Å². The Labute approximate surface area is 104 Å². The van der Waals surface area contributed by atoms with Crippen LogP contribution in [0.1, 0.15) is 34.1 Å². The lowest BCUT2D eigenvalue weighted by molar-refractivity contribution is -0.135. The molecular weight excluding hydrogens is 220 g/mol. The summed E-state index contributed by atoms with van der Waals surface area (Å²) in [5, 5.41) is 0. The van der Waals surface area contributed by atoms with Crippen LogP contribution in [0.15, 0.2) is 0 Å². The average Bonchev–Trinajstić information content (AvgIpc) is 2.21. The van der Waals surface area contributed by atoms with Crippen LogP contribution in [-0.4, -0.2) is 41.9 Å². The third-order valence-electron chi connectivity index (χ3n) is 2.95. The van der Waals surface area contributed by atoms with Gasteiger partial charge < -0.3 is 10.6 Å². The third kappa shape index (κ3) is 4.74. The molecule has 0 fully saturated rings. The lowest BCUT2D eigenvalue weighted by Crippen LogP contribution is -2.51. The van der Waals surface area contributed by atoms with Gasteiger partial charge in [-0.3, -0.25) is 4.79 Å². The van der Waals surface area contributed by atoms with E-state index in [4.69, 9.17) is 5.73 Å². The number of nitrogens with zero attached hydrogens (tertiary/aromatic N) is 1. The molecule has 16 heavy (non-hydrogen) atoms. The molecule has 0 saturated heterocycles. The van der Waals surface area contributed by atoms with Gasteiger partial charge in [-0.25, -0.2) is 0 Å². The smallest absolute Gasteiger partial charge is 0.240 e. The molecular formula is C12H26N2OS. The second kappa shape index (κ2) is 6.50. The van der Waals surface area contributed by atoms with Gasteiger partial charge in [0.1, 0.15) is 0 Å². The highest BCUT2D eigenvalue weighted by molar-refractivity contribution is 7.98. The summed E-state index contributed by atoms with van der Waals surface area (Å²) in [5.74, 6) is 1.12. The van der Waals surface area contributed by atoms with Gasteiger partial charge in [0.25, 0.3) is 0 Å². The van der Waals surface area contributed by atoms with Crippen LogP contribution in [-0.2, 0) is 4.79 Å². The Hall–Kier alpha value is -0.220. The van der Waals surface area contributed by atoms with Gasteiger partial charge in [-0.15, -0.1) is 0 Å². The summed E-state index contributed by atoms with van der Waals surface area (Å²) >= 11 is 1.80. The third-order valence-corrected chi connectivity index (χ3v) is 3.59. The van der Waals surface area contributed by atoms with Gasteiger partial charge in [0.2, 0.25) is 5.91 Å². The lowest BCUT2D eigenvalue weighted by Gasteiger charge is -2.33. The van der Waals surface area contributed by atoms with E-state index in [9.17, 15) is 4.79 Å². The minimum Gasteiger partial charge on any atom is -0.342 e. The zero-order valence-corrected chi connectivity index (χ0v) is 12.2. The standard InChI is InChI=1S/C12H26N2OS/c1-9(7-8-16-6)14(5)11(15)10(13)12(2,3)4/h9-10H,7-8,13H2,1-6H3/t9?,10-/m0/s1. The van der Waals surface area contributed by atoms with Gasteiger partial charge in [-0.1, -0.05) is 20.8 Å². The zero-order valence-electron chi connectivity index (χ0n) is 11.4. The number of carbonyl (C=O) groups excluding carboxylic acids is 1. The van der Waals surface area contributed by atoms with Crippen molar-refractivity contribution in [1.29, 1.82) is 0 Å². The minimum atomic E-state index is -0.422. The van der Waals surface area contributed by atoms with Crippen LogP contribution in [0.3, 0.4) is 0 Å². The molecule has 0 aliphatic heterocycles. The molecule has 1 unspecified atom stereocenters. The first-order valence-electron chi connectivity index (χ1n) is 5.73. The highest BCUT2D eigenvalue weighted by atomic mass is 32.2. The first-order valence-corrected chi connectivity index (χ1v) is 7.12. The Kier molecular flexibility index (Phi) is 6.41. The second-order valence-electron chi connectivity index (χ2n) is 5.42. The van der Waals surface area contributed by atoms with Gasteiger partial charge in [-0.05, 0) is 30.8 Å². The minimum absolute atomic E-state index is 0.0427. The van der Waals surface area contributed by atoms with E-state index in [2.05, 4.69) is 13.2 Å². The number of rotatable bonds is 5. The number of amides is 1. The fourth-order valence-corrected chi connectivity index (χ4v) is 1.87. The van der Waals surface area contributed by atoms with E-state index in [1.54, 1.807) is 16.7 Å². The maximum Gasteiger partial charge on any atom is 0.240 e. The van der Waals surface area contributed by atoms with Crippen molar-refractivity contribution >= 4 is 17.7 Å². The summed E-state index contributed by atoms with van der Waals surface area (Å²) in [4.78, 5) is 13.9. The van der Waals surface area contributed by atoms with Crippen LogP contribution in [0.4, 0.5) is 0 Å². The Balaban J connectivity index is 4.37. The highest BCUT2D eigenvalue weighted by Crippen LogP contribution is 2.20. The van der Waals surface area contributed by atoms with Crippen LogP contribution < -0.4 is 5.73 Å². The SMILES string of the molecule is CSCCC(C)N(C)C(=O)[C@H](N)C(C)(C)C. The number of likely N-dealkylation sites (N-methyl/N-ethyl adjacent to an activating group) is 1. The molecule has 0 aromatic carbocycles. The molecule has 96 valence electrons. The molecule has 0 saturated carbocycles. The van der Waals surface area contributed by atoms with Crippen molar-refractivity contribution in [3.05, 3.63) is 0 Å². The van der Waals surface area contributed by atoms with Crippen molar-refractivity contribution in [3.8, 4) is 0 Å². The lowest BCUT2D eigenvalue weighted by atomic mass is 9.86. The van der Waals surface area contributed by atoms with Gasteiger partial charge in [-0.2, -0.15) is 11.8 Å². The van der Waals surface area contributed by atoms with Crippen molar-refractivity contribution in [2.75, 3.05) is 19.1 Å². The molecule has 0 heterocycles. The van der Waals surface area contributed by atoms with E-state index >= 15 is 0 Å². The van der Waals surface area contributed by atoms with E-state index in [-0.39, 0.29) is 17.4 Å². The largest absolute Gasteiger partial charge is 0.342 e. The number of carbonyl (C=O) groups is 1. The average molecular weight is 246 g/mol. The number of thioether (sulfide) groups is 1. The summed E-state index contributed by atoms with van der Waals surface area (Å²) in [5.41, 5.74) is 5.79. The first-order chi connectivity index (χ1) is 7.21. The molecule has 0 aliphatic carbocycles. The van der Waals surface area contributed by atoms with Crippen LogP contribution in [0, 0.1) is 5.41 Å². The molecule has 2 N–H and O–H groups in total. The van der Waals surface area contributed by atoms with Crippen molar-refractivity contribution in [1.82, 2.24) is 4.90 Å². The number of nitrogens with two attached hydrogens (primary N) is 1. The Morgan fingerprint density at radius 2 is 1.94 bits per heavy atom. The van der Waals surface area contributed by atoms with Gasteiger partial charge in [0, 0.05) is 13.1 Å². The Morgan fingerprint density at radius 1 is 1.44 bits per heavy atom. The van der Waals surface area contributed by atoms with Crippen molar-refractivity contribution in [2.45, 2.75) is 46.2 Å². The fourth-order valence-electron chi connectivity index (χ4n) is 1.29. The second-order valence-corrected chi connectivity index (χ2v) is 6.41. The van der Waals surface area contributed by atoms with E-state index < -0.39 is 6.04 Å². The van der Waals surface area contributed by atoms with Crippen molar-refractivity contribution in [2.24, 2.45) is 11.1 Å². The van der Waals surface area contributed by atoms with Crippen molar-refractivity contribution in [3.63, 3.8) is 0 Å². The predicted molar refractivity (Wildman–Crippen MR) is 72.7 cm³/mol. The number of hydrogen-bond donors (Lipinski definition) is 1. The topological polar surface area (TPSA) is 46.3 Å². The normalized spacial score (nSPS) is 15.7. The fraction of sp³-hybridized carbons (Fsp3) is 0.917. The molecule has 0 spiro atoms. The van der Waals surface area contributed by atoms with Gasteiger partial charge >= 0.3 is 0 Å². The van der Waals surface area contributed by atoms with Crippen LogP contribution in [0.25, 0.3) is 0 Å². The summed E-state index contributed by atoms with van der Waals surface area (Å²) < 4.78 is 0. The zero-order chi connectivity index (χ0) is 12.9. The molecule has 0 rings (SSSR count). The monoisotopic (exact) mass is 246 g/mol. The molecule has 3 nitrogen and oxygen atoms in total. The van der Waals surface area contributed by atoms with Crippen LogP contribution in [0.5, 0.6) is 0 Å². The highest BCUT2D eigenvalue weighted by Gasteiger charge is 2.31. The van der Waals surface area contributed by atoms with Gasteiger partial charge in [0.15, 0.2) is 0 Å². The van der Waals surface area contributed by atoms with E-state index in [1.165, 1.54) is 0 Å². The predicted octanol–water partition coefficient (Wildman–Crippen LogP) is 1.96. The summed E-state index contributed by atoms with van der Waals surface area (Å²) in [6, 6.07) is -0.164. The van der Waals surface area contributed by atoms with Crippen LogP contribution in [0.2, 0.25) is 0 Å². The number of hydrogen-bond acceptors (Lipinski definition) is 3. The molecule has 0 aliphatic rings. The maximum atomic E-state index is 12.1. The summed E-state index contributed by atoms with van der Waals surface area (Å²) in [6.45, 7) is 8.06. The van der Waals surface area contributed by atoms with E-state index in [0.717, 1.165) is 12.2 Å². The summed E-state index contributed by atoms with van der Waals surface area (Å²) in [7, 11) is 1.85. The van der Waals surface area contributed by atoms with Gasteiger partial charge in [0.05, 0.1) is 6.04 Å². The molecule has 0 bridgehead atoms. The molecule has 0 radical (unpaired) electrons. The molecule has 2 atom stereocenters. The quantitative estimate of drug-likeness (QED) is 0.806. The van der Waals surface area contributed by atoms with Crippen LogP contribution >= 0.6 is 11.8 Å².